The number of sulfone groups is 1. The average molecular weight is 364 g/mol. The number of hydrogen-bond acceptors (Lipinski definition) is 4. The lowest BCUT2D eigenvalue weighted by atomic mass is 10.2. The maximum absolute atomic E-state index is 13.0. The maximum Gasteiger partial charge on any atom is 0.417 e. The van der Waals surface area contributed by atoms with Crippen LogP contribution in [-0.4, -0.2) is 37.3 Å². The van der Waals surface area contributed by atoms with Gasteiger partial charge in [0, 0.05) is 18.9 Å². The fourth-order valence-electron chi connectivity index (χ4n) is 2.33. The van der Waals surface area contributed by atoms with E-state index in [2.05, 4.69) is 18.5 Å². The normalized spacial score (nSPS) is 12.5. The lowest BCUT2D eigenvalue weighted by Gasteiger charge is -2.21. The molecule has 0 amide bonds. The van der Waals surface area contributed by atoms with Crippen molar-refractivity contribution in [2.45, 2.75) is 43.7 Å². The van der Waals surface area contributed by atoms with Crippen molar-refractivity contribution < 1.29 is 21.6 Å². The quantitative estimate of drug-likeness (QED) is 0.467. The van der Waals surface area contributed by atoms with Gasteiger partial charge in [0.15, 0.2) is 9.84 Å². The van der Waals surface area contributed by atoms with E-state index in [-0.39, 0.29) is 0 Å². The van der Waals surface area contributed by atoms with E-state index in [1.807, 2.05) is 0 Å². The van der Waals surface area contributed by atoms with E-state index < -0.39 is 32.3 Å². The highest BCUT2D eigenvalue weighted by Gasteiger charge is 2.37. The molecule has 1 aromatic rings. The van der Waals surface area contributed by atoms with Gasteiger partial charge in [0.05, 0.1) is 10.5 Å². The van der Waals surface area contributed by atoms with Crippen LogP contribution in [0, 0.1) is 0 Å². The van der Waals surface area contributed by atoms with Crippen molar-refractivity contribution in [3.63, 3.8) is 0 Å². The van der Waals surface area contributed by atoms with Gasteiger partial charge in [0.25, 0.3) is 0 Å². The third kappa shape index (κ3) is 6.24. The molecule has 0 aromatic carbocycles. The van der Waals surface area contributed by atoms with Gasteiger partial charge in [-0.2, -0.15) is 13.2 Å². The minimum atomic E-state index is -4.74. The van der Waals surface area contributed by atoms with Crippen molar-refractivity contribution >= 4 is 9.84 Å². The first-order valence-electron chi connectivity index (χ1n) is 7.79. The summed E-state index contributed by atoms with van der Waals surface area (Å²) in [5.41, 5.74) is -1.18. The highest BCUT2D eigenvalue weighted by Crippen LogP contribution is 2.34. The first kappa shape index (κ1) is 20.6. The second-order valence-corrected chi connectivity index (χ2v) is 7.47. The molecule has 0 bridgehead atoms. The molecule has 1 heterocycles. The van der Waals surface area contributed by atoms with Gasteiger partial charge in [-0.1, -0.05) is 32.3 Å². The minimum Gasteiger partial charge on any atom is -0.286 e. The van der Waals surface area contributed by atoms with Gasteiger partial charge in [0.2, 0.25) is 0 Å². The van der Waals surface area contributed by atoms with Crippen LogP contribution in [-0.2, 0) is 16.0 Å². The SMILES string of the molecule is C=CCN(CCCCCC)CS(=O)(=O)c1cnccc1C(F)(F)F. The zero-order valence-electron chi connectivity index (χ0n) is 13.7. The Hall–Kier alpha value is -1.41. The second kappa shape index (κ2) is 9.17. The summed E-state index contributed by atoms with van der Waals surface area (Å²) >= 11 is 0. The highest BCUT2D eigenvalue weighted by atomic mass is 32.2. The van der Waals surface area contributed by atoms with Crippen LogP contribution in [0.5, 0.6) is 0 Å². The Bertz CT molecular complexity index is 630. The van der Waals surface area contributed by atoms with Crippen molar-refractivity contribution in [3.05, 3.63) is 36.7 Å². The third-order valence-corrected chi connectivity index (χ3v) is 5.19. The number of aromatic nitrogens is 1. The van der Waals surface area contributed by atoms with Crippen molar-refractivity contribution in [1.82, 2.24) is 9.88 Å². The van der Waals surface area contributed by atoms with Gasteiger partial charge in [-0.25, -0.2) is 8.42 Å². The fraction of sp³-hybridized carbons (Fsp3) is 0.562. The van der Waals surface area contributed by atoms with Crippen LogP contribution < -0.4 is 0 Å². The molecule has 0 spiro atoms. The Balaban J connectivity index is 2.96. The Kier molecular flexibility index (Phi) is 7.89. The van der Waals surface area contributed by atoms with Crippen LogP contribution in [0.15, 0.2) is 36.0 Å². The molecule has 1 aromatic heterocycles. The predicted molar refractivity (Wildman–Crippen MR) is 87.2 cm³/mol. The molecule has 0 aliphatic heterocycles. The summed E-state index contributed by atoms with van der Waals surface area (Å²) < 4.78 is 64.0. The lowest BCUT2D eigenvalue weighted by Crippen LogP contribution is -2.32. The van der Waals surface area contributed by atoms with Crippen molar-refractivity contribution in [2.24, 2.45) is 0 Å². The van der Waals surface area contributed by atoms with Crippen LogP contribution in [0.25, 0.3) is 0 Å². The number of alkyl halides is 3. The summed E-state index contributed by atoms with van der Waals surface area (Å²) in [5, 5.41) is 0. The molecule has 0 aliphatic carbocycles. The number of pyridine rings is 1. The van der Waals surface area contributed by atoms with Gasteiger partial charge in [-0.15, -0.1) is 6.58 Å². The van der Waals surface area contributed by atoms with Crippen LogP contribution >= 0.6 is 0 Å². The predicted octanol–water partition coefficient (Wildman–Crippen LogP) is 3.90. The summed E-state index contributed by atoms with van der Waals surface area (Å²) in [6, 6.07) is 0.686. The molecule has 8 heteroatoms. The molecular formula is C16H23F3N2O2S. The van der Waals surface area contributed by atoms with E-state index in [1.165, 1.54) is 0 Å². The summed E-state index contributed by atoms with van der Waals surface area (Å²) in [5.74, 6) is -0.486. The van der Waals surface area contributed by atoms with Crippen LogP contribution in [0.1, 0.15) is 38.2 Å². The molecule has 0 saturated carbocycles. The van der Waals surface area contributed by atoms with E-state index in [9.17, 15) is 21.6 Å². The number of nitrogens with zero attached hydrogens (tertiary/aromatic N) is 2. The summed E-state index contributed by atoms with van der Waals surface area (Å²) in [6.45, 7) is 6.43. The summed E-state index contributed by atoms with van der Waals surface area (Å²) in [7, 11) is -4.14. The van der Waals surface area contributed by atoms with Gasteiger partial charge in [-0.3, -0.25) is 9.88 Å². The van der Waals surface area contributed by atoms with Gasteiger partial charge in [-0.05, 0) is 19.0 Å². The van der Waals surface area contributed by atoms with Crippen molar-refractivity contribution in [1.29, 1.82) is 0 Å². The standard InChI is InChI=1S/C16H23F3N2O2S/c1-3-5-6-7-11-21(10-4-2)13-24(22,23)15-12-20-9-8-14(15)16(17,18)19/h4,8-9,12H,2-3,5-7,10-11,13H2,1H3. The van der Waals surface area contributed by atoms with Crippen LogP contribution in [0.4, 0.5) is 13.2 Å². The summed E-state index contributed by atoms with van der Waals surface area (Å²) in [6.07, 6.45) is 2.33. The topological polar surface area (TPSA) is 50.3 Å². The number of unbranched alkanes of at least 4 members (excludes halogenated alkanes) is 3. The molecule has 136 valence electrons. The average Bonchev–Trinajstić information content (AvgIpc) is 2.50. The van der Waals surface area contributed by atoms with Crippen LogP contribution in [0.3, 0.4) is 0 Å². The first-order chi connectivity index (χ1) is 11.2. The molecule has 0 N–H and O–H groups in total. The molecule has 24 heavy (non-hydrogen) atoms. The Morgan fingerprint density at radius 3 is 2.58 bits per heavy atom. The third-order valence-electron chi connectivity index (χ3n) is 3.49. The maximum atomic E-state index is 13.0. The number of hydrogen-bond donors (Lipinski definition) is 0. The number of rotatable bonds is 10. The Morgan fingerprint density at radius 1 is 1.29 bits per heavy atom. The molecule has 0 unspecified atom stereocenters. The van der Waals surface area contributed by atoms with Gasteiger partial charge in [0.1, 0.15) is 5.88 Å². The van der Waals surface area contributed by atoms with E-state index in [0.717, 1.165) is 38.1 Å². The molecule has 4 nitrogen and oxygen atoms in total. The lowest BCUT2D eigenvalue weighted by molar-refractivity contribution is -0.140. The summed E-state index contributed by atoms with van der Waals surface area (Å²) in [4.78, 5) is 4.36. The van der Waals surface area contributed by atoms with E-state index >= 15 is 0 Å². The molecule has 0 atom stereocenters. The molecular weight excluding hydrogens is 341 g/mol. The van der Waals surface area contributed by atoms with E-state index in [0.29, 0.717) is 19.2 Å². The first-order valence-corrected chi connectivity index (χ1v) is 9.44. The molecule has 0 aliphatic rings. The van der Waals surface area contributed by atoms with Gasteiger partial charge >= 0.3 is 6.18 Å². The van der Waals surface area contributed by atoms with E-state index in [1.54, 1.807) is 11.0 Å². The second-order valence-electron chi connectivity index (χ2n) is 5.54. The zero-order chi connectivity index (χ0) is 18.2. The van der Waals surface area contributed by atoms with Crippen molar-refractivity contribution in [2.75, 3.05) is 19.0 Å². The molecule has 0 saturated heterocycles. The largest absolute Gasteiger partial charge is 0.417 e. The Labute approximate surface area is 141 Å². The molecule has 0 fully saturated rings. The fourth-order valence-corrected chi connectivity index (χ4v) is 3.92. The molecule has 1 rings (SSSR count). The number of halogens is 3. The minimum absolute atomic E-state index is 0.299. The van der Waals surface area contributed by atoms with Crippen LogP contribution in [0.2, 0.25) is 0 Å². The highest BCUT2D eigenvalue weighted by molar-refractivity contribution is 7.91. The Morgan fingerprint density at radius 2 is 2.00 bits per heavy atom. The van der Waals surface area contributed by atoms with Gasteiger partial charge < -0.3 is 0 Å². The smallest absolute Gasteiger partial charge is 0.286 e. The molecule has 0 radical (unpaired) electrons. The zero-order valence-corrected chi connectivity index (χ0v) is 14.5. The monoisotopic (exact) mass is 364 g/mol. The van der Waals surface area contributed by atoms with Crippen molar-refractivity contribution in [3.8, 4) is 0 Å². The van der Waals surface area contributed by atoms with E-state index in [4.69, 9.17) is 0 Å².